The molecule has 3 rings (SSSR count). The van der Waals surface area contributed by atoms with E-state index >= 15 is 0 Å². The molecule has 0 saturated heterocycles. The van der Waals surface area contributed by atoms with Crippen molar-refractivity contribution in [1.82, 2.24) is 4.98 Å². The zero-order chi connectivity index (χ0) is 14.7. The highest BCUT2D eigenvalue weighted by Crippen LogP contribution is 2.36. The minimum Gasteiger partial charge on any atom is -0.490 e. The Kier molecular flexibility index (Phi) is 3.84. The Balaban J connectivity index is 1.85. The van der Waals surface area contributed by atoms with Crippen LogP contribution < -0.4 is 15.2 Å². The van der Waals surface area contributed by atoms with Crippen LogP contribution in [-0.2, 0) is 0 Å². The molecule has 0 fully saturated rings. The van der Waals surface area contributed by atoms with Crippen molar-refractivity contribution < 1.29 is 9.47 Å². The normalized spacial score (nSPS) is 13.3. The van der Waals surface area contributed by atoms with Crippen molar-refractivity contribution in [2.75, 3.05) is 18.9 Å². The second-order valence-electron chi connectivity index (χ2n) is 4.46. The van der Waals surface area contributed by atoms with Crippen molar-refractivity contribution in [3.8, 4) is 17.6 Å². The fraction of sp³-hybridized carbons (Fsp3) is 0.200. The van der Waals surface area contributed by atoms with Crippen LogP contribution in [0.1, 0.15) is 12.1 Å². The number of nitrogens with zero attached hydrogens (tertiary/aromatic N) is 2. The molecular formula is C15H13N3O2S. The van der Waals surface area contributed by atoms with Crippen molar-refractivity contribution >= 4 is 17.4 Å². The number of pyridine rings is 1. The maximum Gasteiger partial charge on any atom is 0.164 e. The lowest BCUT2D eigenvalue weighted by molar-refractivity contribution is 0.297. The fourth-order valence-corrected chi connectivity index (χ4v) is 2.74. The first-order valence-corrected chi connectivity index (χ1v) is 7.32. The third kappa shape index (κ3) is 3.03. The lowest BCUT2D eigenvalue weighted by Crippen LogP contribution is -1.97. The minimum atomic E-state index is 0.245. The van der Waals surface area contributed by atoms with Gasteiger partial charge in [-0.2, -0.15) is 5.26 Å². The molecule has 1 aliphatic rings. The molecule has 6 heteroatoms. The van der Waals surface area contributed by atoms with E-state index in [2.05, 4.69) is 4.98 Å². The van der Waals surface area contributed by atoms with Gasteiger partial charge in [0.05, 0.1) is 18.9 Å². The summed E-state index contributed by atoms with van der Waals surface area (Å²) in [6, 6.07) is 11.2. The van der Waals surface area contributed by atoms with Crippen LogP contribution in [0.3, 0.4) is 0 Å². The Morgan fingerprint density at radius 2 is 1.95 bits per heavy atom. The first kappa shape index (κ1) is 13.6. The van der Waals surface area contributed by atoms with Gasteiger partial charge in [-0.25, -0.2) is 4.98 Å². The molecule has 106 valence electrons. The second-order valence-corrected chi connectivity index (χ2v) is 5.55. The Morgan fingerprint density at radius 3 is 2.76 bits per heavy atom. The maximum atomic E-state index is 8.96. The third-order valence-electron chi connectivity index (χ3n) is 2.95. The number of nitriles is 1. The zero-order valence-corrected chi connectivity index (χ0v) is 12.0. The van der Waals surface area contributed by atoms with Crippen LogP contribution in [0.5, 0.6) is 11.5 Å². The molecule has 1 aliphatic heterocycles. The van der Waals surface area contributed by atoms with Gasteiger partial charge in [-0.05, 0) is 30.3 Å². The molecule has 0 saturated carbocycles. The van der Waals surface area contributed by atoms with Crippen LogP contribution in [-0.4, -0.2) is 18.2 Å². The lowest BCUT2D eigenvalue weighted by Gasteiger charge is -2.09. The van der Waals surface area contributed by atoms with Gasteiger partial charge < -0.3 is 15.2 Å². The molecule has 2 heterocycles. The average molecular weight is 299 g/mol. The lowest BCUT2D eigenvalue weighted by atomic mass is 10.3. The van der Waals surface area contributed by atoms with Crippen LogP contribution in [0.2, 0.25) is 0 Å². The molecule has 0 bridgehead atoms. The first-order valence-electron chi connectivity index (χ1n) is 6.50. The second kappa shape index (κ2) is 5.94. The number of nitrogen functional groups attached to an aromatic ring is 1. The van der Waals surface area contributed by atoms with E-state index in [0.717, 1.165) is 27.8 Å². The Hall–Kier alpha value is -2.39. The number of nitrogens with two attached hydrogens (primary N) is 1. The van der Waals surface area contributed by atoms with Gasteiger partial charge in [0.25, 0.3) is 0 Å². The topological polar surface area (TPSA) is 81.2 Å². The van der Waals surface area contributed by atoms with Gasteiger partial charge >= 0.3 is 0 Å². The largest absolute Gasteiger partial charge is 0.490 e. The molecule has 2 aromatic rings. The van der Waals surface area contributed by atoms with E-state index in [9.17, 15) is 0 Å². The summed E-state index contributed by atoms with van der Waals surface area (Å²) in [5, 5.41) is 9.68. The number of hydrogen-bond acceptors (Lipinski definition) is 6. The van der Waals surface area contributed by atoms with Crippen LogP contribution in [0.4, 0.5) is 5.69 Å². The van der Waals surface area contributed by atoms with E-state index < -0.39 is 0 Å². The summed E-state index contributed by atoms with van der Waals surface area (Å²) < 4.78 is 11.3. The van der Waals surface area contributed by atoms with Crippen molar-refractivity contribution in [2.24, 2.45) is 0 Å². The molecule has 0 amide bonds. The summed E-state index contributed by atoms with van der Waals surface area (Å²) >= 11 is 1.45. The summed E-state index contributed by atoms with van der Waals surface area (Å²) in [6.45, 7) is 1.32. The number of hydrogen-bond donors (Lipinski definition) is 1. The molecule has 2 N–H and O–H groups in total. The summed E-state index contributed by atoms with van der Waals surface area (Å²) in [6.07, 6.45) is 0.877. The predicted molar refractivity (Wildman–Crippen MR) is 79.5 cm³/mol. The molecule has 1 aromatic carbocycles. The number of anilines is 1. The molecular weight excluding hydrogens is 286 g/mol. The smallest absolute Gasteiger partial charge is 0.164 e. The highest BCUT2D eigenvalue weighted by atomic mass is 32.2. The van der Waals surface area contributed by atoms with Crippen LogP contribution in [0, 0.1) is 11.3 Å². The first-order chi connectivity index (χ1) is 10.3. The summed E-state index contributed by atoms with van der Waals surface area (Å²) in [7, 11) is 0. The van der Waals surface area contributed by atoms with E-state index in [1.807, 2.05) is 24.3 Å². The van der Waals surface area contributed by atoms with Crippen molar-refractivity contribution in [2.45, 2.75) is 16.3 Å². The fourth-order valence-electron chi connectivity index (χ4n) is 1.93. The molecule has 5 nitrogen and oxygen atoms in total. The summed E-state index contributed by atoms with van der Waals surface area (Å²) in [5.41, 5.74) is 6.31. The quantitative estimate of drug-likeness (QED) is 0.918. The number of fused-ring (bicyclic) bond motifs is 1. The number of aromatic nitrogens is 1. The summed E-state index contributed by atoms with van der Waals surface area (Å²) in [5.74, 6) is 1.51. The van der Waals surface area contributed by atoms with Crippen molar-refractivity contribution in [1.29, 1.82) is 5.26 Å². The van der Waals surface area contributed by atoms with Gasteiger partial charge in [0.1, 0.15) is 11.1 Å². The minimum absolute atomic E-state index is 0.245. The van der Waals surface area contributed by atoms with Crippen molar-refractivity contribution in [3.63, 3.8) is 0 Å². The molecule has 21 heavy (non-hydrogen) atoms. The van der Waals surface area contributed by atoms with Gasteiger partial charge in [-0.3, -0.25) is 0 Å². The number of ether oxygens (including phenoxy) is 2. The predicted octanol–water partition coefficient (Wildman–Crippen LogP) is 2.85. The van der Waals surface area contributed by atoms with Gasteiger partial charge in [-0.15, -0.1) is 0 Å². The Labute approximate surface area is 126 Å². The van der Waals surface area contributed by atoms with Gasteiger partial charge in [0.15, 0.2) is 17.2 Å². The number of rotatable bonds is 2. The highest BCUT2D eigenvalue weighted by molar-refractivity contribution is 7.99. The van der Waals surface area contributed by atoms with Gasteiger partial charge in [0.2, 0.25) is 0 Å². The van der Waals surface area contributed by atoms with Gasteiger partial charge in [-0.1, -0.05) is 11.8 Å². The van der Waals surface area contributed by atoms with E-state index in [1.165, 1.54) is 11.8 Å². The molecule has 0 spiro atoms. The van der Waals surface area contributed by atoms with Crippen LogP contribution >= 0.6 is 11.8 Å². The molecule has 0 unspecified atom stereocenters. The average Bonchev–Trinajstić information content (AvgIpc) is 2.74. The third-order valence-corrected chi connectivity index (χ3v) is 3.87. The molecule has 1 aromatic heterocycles. The molecule has 0 aliphatic carbocycles. The maximum absolute atomic E-state index is 8.96. The molecule has 0 radical (unpaired) electrons. The van der Waals surface area contributed by atoms with E-state index in [1.54, 1.807) is 12.1 Å². The summed E-state index contributed by atoms with van der Waals surface area (Å²) in [4.78, 5) is 5.19. The molecule has 0 atom stereocenters. The number of benzene rings is 1. The highest BCUT2D eigenvalue weighted by Gasteiger charge is 2.12. The van der Waals surface area contributed by atoms with E-state index in [0.29, 0.717) is 18.9 Å². The van der Waals surface area contributed by atoms with Crippen molar-refractivity contribution in [3.05, 3.63) is 36.0 Å². The SMILES string of the molecule is N#Cc1nc(Sc2ccc3c(c2)OCCCO3)ccc1N. The standard InChI is InChI=1S/C15H13N3O2S/c16-9-12-11(17)3-5-15(18-12)21-10-2-4-13-14(8-10)20-7-1-6-19-13/h2-5,8H,1,6-7,17H2. The van der Waals surface area contributed by atoms with E-state index in [4.69, 9.17) is 20.5 Å². The van der Waals surface area contributed by atoms with Crippen LogP contribution in [0.25, 0.3) is 0 Å². The Morgan fingerprint density at radius 1 is 1.14 bits per heavy atom. The monoisotopic (exact) mass is 299 g/mol. The zero-order valence-electron chi connectivity index (χ0n) is 11.2. The Bertz CT molecular complexity index is 713. The van der Waals surface area contributed by atoms with Gasteiger partial charge in [0, 0.05) is 11.3 Å². The van der Waals surface area contributed by atoms with Crippen LogP contribution in [0.15, 0.2) is 40.3 Å². The van der Waals surface area contributed by atoms with E-state index in [-0.39, 0.29) is 5.69 Å².